The maximum Gasteiger partial charge on any atom is 0.306 e. The molecule has 0 saturated heterocycles. The molecule has 3 atom stereocenters. The number of hydrogen-bond donors (Lipinski definition) is 3. The van der Waals surface area contributed by atoms with Crippen molar-refractivity contribution in [3.8, 4) is 0 Å². The zero-order valence-electron chi connectivity index (χ0n) is 41.3. The molecule has 0 aromatic rings. The van der Waals surface area contributed by atoms with Gasteiger partial charge in [0.1, 0.15) is 6.10 Å². The third kappa shape index (κ3) is 44.4. The highest BCUT2D eigenvalue weighted by atomic mass is 16.5. The molecule has 0 aliphatic rings. The predicted molar refractivity (Wildman–Crippen MR) is 269 cm³/mol. The lowest BCUT2D eigenvalue weighted by molar-refractivity contribution is -0.151. The van der Waals surface area contributed by atoms with E-state index in [2.05, 4.69) is 74.7 Å². The van der Waals surface area contributed by atoms with E-state index in [0.717, 1.165) is 89.9 Å². The van der Waals surface area contributed by atoms with Gasteiger partial charge in [-0.3, -0.25) is 9.59 Å². The molecule has 3 N–H and O–H groups in total. The van der Waals surface area contributed by atoms with Gasteiger partial charge in [0.05, 0.1) is 25.2 Å². The minimum absolute atomic E-state index is 0.0644. The van der Waals surface area contributed by atoms with E-state index in [9.17, 15) is 19.8 Å². The number of allylic oxidation sites excluding steroid dienone is 8. The predicted octanol–water partition coefficient (Wildman–Crippen LogP) is 16.2. The Morgan fingerprint density at radius 3 is 1.35 bits per heavy atom. The Morgan fingerprint density at radius 1 is 0.484 bits per heavy atom. The lowest BCUT2D eigenvalue weighted by Crippen LogP contribution is -2.46. The van der Waals surface area contributed by atoms with Gasteiger partial charge in [-0.2, -0.15) is 0 Å². The van der Waals surface area contributed by atoms with Crippen LogP contribution in [0, 0.1) is 0 Å². The lowest BCUT2D eigenvalue weighted by Gasteiger charge is -2.24. The van der Waals surface area contributed by atoms with Crippen LogP contribution >= 0.6 is 0 Å². The number of aliphatic hydroxyl groups is 2. The summed E-state index contributed by atoms with van der Waals surface area (Å²) < 4.78 is 5.93. The van der Waals surface area contributed by atoms with Crippen molar-refractivity contribution >= 4 is 11.9 Å². The third-order valence-electron chi connectivity index (χ3n) is 12.2. The quantitative estimate of drug-likeness (QED) is 0.0245. The summed E-state index contributed by atoms with van der Waals surface area (Å²) in [6.45, 7) is 6.36. The van der Waals surface area contributed by atoms with Crippen molar-refractivity contribution in [1.82, 2.24) is 5.32 Å². The van der Waals surface area contributed by atoms with E-state index in [-0.39, 0.29) is 24.9 Å². The molecule has 1 amide bonds. The second kappa shape index (κ2) is 49.8. The van der Waals surface area contributed by atoms with E-state index in [1.165, 1.54) is 135 Å². The number of aliphatic hydroxyl groups excluding tert-OH is 2. The molecule has 0 aliphatic heterocycles. The van der Waals surface area contributed by atoms with Crippen molar-refractivity contribution in [2.75, 3.05) is 6.61 Å². The Labute approximate surface area is 385 Å². The van der Waals surface area contributed by atoms with Crippen LogP contribution in [-0.2, 0) is 14.3 Å². The summed E-state index contributed by atoms with van der Waals surface area (Å²) in [6.07, 6.45) is 60.3. The zero-order chi connectivity index (χ0) is 45.2. The van der Waals surface area contributed by atoms with Crippen molar-refractivity contribution in [2.45, 2.75) is 289 Å². The molecule has 0 bridgehead atoms. The molecule has 0 spiro atoms. The molecule has 62 heavy (non-hydrogen) atoms. The number of nitrogens with one attached hydrogen (secondary N) is 1. The Bertz CT molecular complexity index is 1070. The summed E-state index contributed by atoms with van der Waals surface area (Å²) in [5.74, 6) is -0.499. The van der Waals surface area contributed by atoms with E-state index in [0.29, 0.717) is 19.3 Å². The molecule has 0 fully saturated rings. The van der Waals surface area contributed by atoms with Gasteiger partial charge in [0.15, 0.2) is 0 Å². The minimum Gasteiger partial charge on any atom is -0.462 e. The molecule has 0 aliphatic carbocycles. The number of unbranched alkanes of at least 4 members (excludes halogenated alkanes) is 30. The molecular weight excluding hydrogens is 767 g/mol. The molecule has 0 saturated carbocycles. The van der Waals surface area contributed by atoms with Crippen molar-refractivity contribution in [3.63, 3.8) is 0 Å². The summed E-state index contributed by atoms with van der Waals surface area (Å²) in [5.41, 5.74) is 0. The normalized spacial score (nSPS) is 13.6. The van der Waals surface area contributed by atoms with Gasteiger partial charge in [-0.15, -0.1) is 0 Å². The topological polar surface area (TPSA) is 95.9 Å². The number of carbonyl (C=O) groups excluding carboxylic acids is 2. The smallest absolute Gasteiger partial charge is 0.306 e. The van der Waals surface area contributed by atoms with E-state index < -0.39 is 18.2 Å². The van der Waals surface area contributed by atoms with Crippen molar-refractivity contribution in [3.05, 3.63) is 48.6 Å². The van der Waals surface area contributed by atoms with Gasteiger partial charge in [-0.1, -0.05) is 236 Å². The monoisotopic (exact) mass is 870 g/mol. The highest BCUT2D eigenvalue weighted by Gasteiger charge is 2.24. The van der Waals surface area contributed by atoms with Gasteiger partial charge in [-0.25, -0.2) is 0 Å². The van der Waals surface area contributed by atoms with Gasteiger partial charge in [0, 0.05) is 6.42 Å². The molecule has 362 valence electrons. The van der Waals surface area contributed by atoms with Gasteiger partial charge in [0.2, 0.25) is 5.91 Å². The molecule has 0 aromatic carbocycles. The fraction of sp³-hybridized carbons (Fsp3) is 0.821. The number of amides is 1. The van der Waals surface area contributed by atoms with Gasteiger partial charge in [0.25, 0.3) is 0 Å². The van der Waals surface area contributed by atoms with Crippen molar-refractivity contribution in [1.29, 1.82) is 0 Å². The van der Waals surface area contributed by atoms with Crippen molar-refractivity contribution in [2.24, 2.45) is 0 Å². The second-order valence-corrected chi connectivity index (χ2v) is 18.3. The molecule has 0 heterocycles. The van der Waals surface area contributed by atoms with E-state index in [1.54, 1.807) is 0 Å². The van der Waals surface area contributed by atoms with Crippen LogP contribution in [0.4, 0.5) is 0 Å². The number of hydrogen-bond acceptors (Lipinski definition) is 5. The summed E-state index contributed by atoms with van der Waals surface area (Å²) in [5, 5.41) is 23.8. The number of carbonyl (C=O) groups is 2. The molecule has 0 rings (SSSR count). The third-order valence-corrected chi connectivity index (χ3v) is 12.2. The van der Waals surface area contributed by atoms with Crippen LogP contribution in [0.5, 0.6) is 0 Å². The SMILES string of the molecule is CC/C=C/C=C/C=C\CCCCCCCC(=O)OC(CCCCCCC/C=C/CCCCCCCC)CC(=O)NC(CO)C(O)CCCCCCCCCCCCCCCCC. The Kier molecular flexibility index (Phi) is 48.1. The molecule has 0 aromatic heterocycles. The summed E-state index contributed by atoms with van der Waals surface area (Å²) in [4.78, 5) is 26.2. The zero-order valence-corrected chi connectivity index (χ0v) is 41.3. The summed E-state index contributed by atoms with van der Waals surface area (Å²) in [7, 11) is 0. The minimum atomic E-state index is -0.793. The van der Waals surface area contributed by atoms with E-state index in [4.69, 9.17) is 4.74 Å². The standard InChI is InChI=1S/C56H103NO5/c1-4-7-10-13-16-19-22-25-27-30-32-35-38-41-44-47-52(62-56(61)49-46-43-40-37-34-29-24-21-18-15-12-9-6-3)50-55(60)57-53(51-58)54(59)48-45-42-39-36-33-31-28-26-23-20-17-14-11-8-5-2/h9,12,15,18,21,24-25,27,52-54,58-59H,4-8,10-11,13-14,16-17,19-20,22-23,26,28-51H2,1-3H3,(H,57,60)/b12-9+,18-15+,24-21-,27-25+. The molecular formula is C56H103NO5. The van der Waals surface area contributed by atoms with Crippen LogP contribution in [-0.4, -0.2) is 46.9 Å². The van der Waals surface area contributed by atoms with Crippen LogP contribution in [0.2, 0.25) is 0 Å². The first-order chi connectivity index (χ1) is 30.5. The first-order valence-corrected chi connectivity index (χ1v) is 26.9. The molecule has 6 nitrogen and oxygen atoms in total. The fourth-order valence-corrected chi connectivity index (χ4v) is 8.13. The maximum absolute atomic E-state index is 13.2. The number of rotatable bonds is 48. The Hall–Kier alpha value is -2.18. The van der Waals surface area contributed by atoms with E-state index in [1.807, 2.05) is 0 Å². The van der Waals surface area contributed by atoms with Crippen LogP contribution in [0.15, 0.2) is 48.6 Å². The van der Waals surface area contributed by atoms with Crippen LogP contribution < -0.4 is 5.32 Å². The fourth-order valence-electron chi connectivity index (χ4n) is 8.13. The molecule has 0 radical (unpaired) electrons. The van der Waals surface area contributed by atoms with Crippen LogP contribution in [0.1, 0.15) is 271 Å². The molecule has 6 heteroatoms. The van der Waals surface area contributed by atoms with E-state index >= 15 is 0 Å². The second-order valence-electron chi connectivity index (χ2n) is 18.3. The lowest BCUT2D eigenvalue weighted by atomic mass is 10.0. The van der Waals surface area contributed by atoms with Gasteiger partial charge >= 0.3 is 5.97 Å². The average Bonchev–Trinajstić information content (AvgIpc) is 3.26. The number of ether oxygens (including phenoxy) is 1. The number of esters is 1. The highest BCUT2D eigenvalue weighted by molar-refractivity contribution is 5.77. The van der Waals surface area contributed by atoms with Crippen LogP contribution in [0.25, 0.3) is 0 Å². The first kappa shape index (κ1) is 59.8. The highest BCUT2D eigenvalue weighted by Crippen LogP contribution is 2.18. The maximum atomic E-state index is 13.2. The average molecular weight is 870 g/mol. The first-order valence-electron chi connectivity index (χ1n) is 26.9. The Morgan fingerprint density at radius 2 is 0.887 bits per heavy atom. The largest absolute Gasteiger partial charge is 0.462 e. The molecule has 3 unspecified atom stereocenters. The summed E-state index contributed by atoms with van der Waals surface area (Å²) in [6, 6.07) is -0.708. The Balaban J connectivity index is 4.58. The van der Waals surface area contributed by atoms with Gasteiger partial charge in [-0.05, 0) is 70.6 Å². The van der Waals surface area contributed by atoms with Crippen molar-refractivity contribution < 1.29 is 24.5 Å². The van der Waals surface area contributed by atoms with Gasteiger partial charge < -0.3 is 20.3 Å². The van der Waals surface area contributed by atoms with Crippen LogP contribution in [0.3, 0.4) is 0 Å². The summed E-state index contributed by atoms with van der Waals surface area (Å²) >= 11 is 0.